The largest absolute Gasteiger partial charge is 0.497 e. The normalized spacial score (nSPS) is 15.3. The lowest BCUT2D eigenvalue weighted by atomic mass is 10.1. The maximum Gasteiger partial charge on any atom is 0.233 e. The number of amides is 2. The second kappa shape index (κ2) is 12.2. The summed E-state index contributed by atoms with van der Waals surface area (Å²) in [6, 6.07) is 27.3. The van der Waals surface area contributed by atoms with Crippen LogP contribution in [-0.4, -0.2) is 74.9 Å². The van der Waals surface area contributed by atoms with Crippen LogP contribution in [0, 0.1) is 0 Å². The number of carbonyl (C=O) groups is 2. The molecule has 0 aliphatic carbocycles. The van der Waals surface area contributed by atoms with Gasteiger partial charge in [-0.2, -0.15) is 0 Å². The van der Waals surface area contributed by atoms with E-state index in [0.717, 1.165) is 28.4 Å². The maximum atomic E-state index is 13.2. The van der Waals surface area contributed by atoms with E-state index in [2.05, 4.69) is 10.2 Å². The average molecular weight is 542 g/mol. The van der Waals surface area contributed by atoms with Crippen molar-refractivity contribution in [1.82, 2.24) is 24.6 Å². The average Bonchev–Trinajstić information content (AvgIpc) is 3.41. The third-order valence-electron chi connectivity index (χ3n) is 6.82. The van der Waals surface area contributed by atoms with Crippen LogP contribution in [0.25, 0.3) is 17.1 Å². The molecule has 0 spiro atoms. The molecule has 0 bridgehead atoms. The molecular weight excluding hydrogens is 510 g/mol. The molecule has 1 aromatic heterocycles. The summed E-state index contributed by atoms with van der Waals surface area (Å²) in [5.41, 5.74) is 2.84. The number of hydrogen-bond acceptors (Lipinski definition) is 6. The Bertz CT molecular complexity index is 1410. The van der Waals surface area contributed by atoms with E-state index in [0.29, 0.717) is 31.2 Å². The van der Waals surface area contributed by atoms with Gasteiger partial charge in [-0.25, -0.2) is 0 Å². The zero-order valence-electron chi connectivity index (χ0n) is 22.1. The van der Waals surface area contributed by atoms with Crippen molar-refractivity contribution in [1.29, 1.82) is 0 Å². The van der Waals surface area contributed by atoms with Gasteiger partial charge in [0.15, 0.2) is 11.0 Å². The van der Waals surface area contributed by atoms with E-state index in [9.17, 15) is 9.59 Å². The molecule has 1 atom stereocenters. The van der Waals surface area contributed by atoms with Crippen LogP contribution in [0.15, 0.2) is 90.1 Å². The number of methoxy groups -OCH3 is 1. The number of nitrogens with zero attached hydrogens (tertiary/aromatic N) is 5. The molecule has 200 valence electrons. The molecule has 2 heterocycles. The topological polar surface area (TPSA) is 80.6 Å². The van der Waals surface area contributed by atoms with E-state index < -0.39 is 0 Å². The Morgan fingerprint density at radius 3 is 2.26 bits per heavy atom. The third-order valence-corrected chi connectivity index (χ3v) is 7.73. The molecule has 5 rings (SSSR count). The molecule has 1 aliphatic rings. The van der Waals surface area contributed by atoms with Crippen molar-refractivity contribution in [3.05, 3.63) is 90.5 Å². The van der Waals surface area contributed by atoms with Gasteiger partial charge in [-0.15, -0.1) is 10.2 Å². The van der Waals surface area contributed by atoms with Crippen LogP contribution >= 0.6 is 11.8 Å². The van der Waals surface area contributed by atoms with Crippen molar-refractivity contribution < 1.29 is 14.3 Å². The molecular formula is C30H31N5O3S. The Hall–Kier alpha value is -4.11. The molecule has 2 amide bonds. The number of piperazine rings is 1. The second-order valence-electron chi connectivity index (χ2n) is 9.43. The first-order valence-electron chi connectivity index (χ1n) is 12.9. The van der Waals surface area contributed by atoms with Gasteiger partial charge in [-0.3, -0.25) is 14.2 Å². The van der Waals surface area contributed by atoms with Crippen LogP contribution in [-0.2, 0) is 16.0 Å². The molecule has 39 heavy (non-hydrogen) atoms. The number of thioether (sulfide) groups is 1. The fourth-order valence-electron chi connectivity index (χ4n) is 4.74. The fraction of sp³-hybridized carbons (Fsp3) is 0.267. The molecule has 0 radical (unpaired) electrons. The molecule has 1 aliphatic heterocycles. The van der Waals surface area contributed by atoms with Gasteiger partial charge in [0.2, 0.25) is 11.8 Å². The minimum absolute atomic E-state index is 0.0259. The highest BCUT2D eigenvalue weighted by atomic mass is 32.2. The molecule has 1 fully saturated rings. The summed E-state index contributed by atoms with van der Waals surface area (Å²) < 4.78 is 7.19. The number of rotatable bonds is 8. The van der Waals surface area contributed by atoms with E-state index in [1.165, 1.54) is 11.8 Å². The van der Waals surface area contributed by atoms with Crippen LogP contribution in [0.2, 0.25) is 0 Å². The van der Waals surface area contributed by atoms with Crippen LogP contribution in [0.5, 0.6) is 5.75 Å². The minimum atomic E-state index is -0.0592. The number of hydrogen-bond donors (Lipinski definition) is 0. The molecule has 3 aromatic carbocycles. The van der Waals surface area contributed by atoms with Gasteiger partial charge in [-0.1, -0.05) is 72.4 Å². The molecule has 0 saturated carbocycles. The lowest BCUT2D eigenvalue weighted by molar-refractivity contribution is -0.140. The van der Waals surface area contributed by atoms with E-state index in [1.807, 2.05) is 106 Å². The van der Waals surface area contributed by atoms with E-state index in [-0.39, 0.29) is 23.6 Å². The Balaban J connectivity index is 1.22. The number of aromatic nitrogens is 3. The van der Waals surface area contributed by atoms with E-state index >= 15 is 0 Å². The van der Waals surface area contributed by atoms with Gasteiger partial charge in [0.25, 0.3) is 0 Å². The van der Waals surface area contributed by atoms with Gasteiger partial charge in [-0.05, 0) is 36.8 Å². The summed E-state index contributed by atoms with van der Waals surface area (Å²) in [5, 5.41) is 9.55. The summed E-state index contributed by atoms with van der Waals surface area (Å²) >= 11 is 1.38. The number of benzene rings is 3. The summed E-state index contributed by atoms with van der Waals surface area (Å²) in [7, 11) is 1.62. The SMILES string of the molecule is COc1ccc(CC(=O)N2CCN(C(=O)CSc3nnc(-c4ccccc4)n3-c3ccccc3)CC2C)cc1. The summed E-state index contributed by atoms with van der Waals surface area (Å²) in [4.78, 5) is 29.9. The Morgan fingerprint density at radius 2 is 1.59 bits per heavy atom. The quantitative estimate of drug-likeness (QED) is 0.309. The molecule has 4 aromatic rings. The zero-order chi connectivity index (χ0) is 27.2. The number of ether oxygens (including phenoxy) is 1. The van der Waals surface area contributed by atoms with Crippen molar-refractivity contribution in [2.24, 2.45) is 0 Å². The van der Waals surface area contributed by atoms with Crippen molar-refractivity contribution in [3.8, 4) is 22.8 Å². The molecule has 1 saturated heterocycles. The summed E-state index contributed by atoms with van der Waals surface area (Å²) in [6.45, 7) is 3.54. The van der Waals surface area contributed by atoms with Crippen LogP contribution in [0.3, 0.4) is 0 Å². The van der Waals surface area contributed by atoms with Gasteiger partial charge < -0.3 is 14.5 Å². The standard InChI is InChI=1S/C30H31N5O3S/c1-22-20-33(17-18-34(22)27(36)19-23-13-15-26(38-2)16-14-23)28(37)21-39-30-32-31-29(24-9-5-3-6-10-24)35(30)25-11-7-4-8-12-25/h3-16,22H,17-21H2,1-2H3. The van der Waals surface area contributed by atoms with Crippen molar-refractivity contribution >= 4 is 23.6 Å². The van der Waals surface area contributed by atoms with Gasteiger partial charge in [0.1, 0.15) is 5.75 Å². The fourth-order valence-corrected chi connectivity index (χ4v) is 5.59. The first-order valence-corrected chi connectivity index (χ1v) is 13.9. The highest BCUT2D eigenvalue weighted by molar-refractivity contribution is 7.99. The summed E-state index contributed by atoms with van der Waals surface area (Å²) in [5.74, 6) is 1.83. The van der Waals surface area contributed by atoms with Crippen molar-refractivity contribution in [2.45, 2.75) is 24.5 Å². The van der Waals surface area contributed by atoms with Crippen LogP contribution in [0.1, 0.15) is 12.5 Å². The molecule has 9 heteroatoms. The highest BCUT2D eigenvalue weighted by Crippen LogP contribution is 2.28. The molecule has 0 N–H and O–H groups in total. The molecule has 8 nitrogen and oxygen atoms in total. The van der Waals surface area contributed by atoms with Crippen LogP contribution in [0.4, 0.5) is 0 Å². The molecule has 1 unspecified atom stereocenters. The number of para-hydroxylation sites is 1. The lowest BCUT2D eigenvalue weighted by Crippen LogP contribution is -2.56. The van der Waals surface area contributed by atoms with Gasteiger partial charge in [0.05, 0.1) is 19.3 Å². The maximum absolute atomic E-state index is 13.2. The summed E-state index contributed by atoms with van der Waals surface area (Å²) in [6.07, 6.45) is 0.330. The van der Waals surface area contributed by atoms with E-state index in [4.69, 9.17) is 4.74 Å². The Kier molecular flexibility index (Phi) is 8.27. The second-order valence-corrected chi connectivity index (χ2v) is 10.4. The Morgan fingerprint density at radius 1 is 0.897 bits per heavy atom. The monoisotopic (exact) mass is 541 g/mol. The third kappa shape index (κ3) is 6.15. The minimum Gasteiger partial charge on any atom is -0.497 e. The van der Waals surface area contributed by atoms with Gasteiger partial charge in [0, 0.05) is 36.9 Å². The van der Waals surface area contributed by atoms with Gasteiger partial charge >= 0.3 is 0 Å². The smallest absolute Gasteiger partial charge is 0.233 e. The number of carbonyl (C=O) groups excluding carboxylic acids is 2. The predicted molar refractivity (Wildman–Crippen MR) is 152 cm³/mol. The first kappa shape index (κ1) is 26.5. The zero-order valence-corrected chi connectivity index (χ0v) is 22.9. The highest BCUT2D eigenvalue weighted by Gasteiger charge is 2.30. The predicted octanol–water partition coefficient (Wildman–Crippen LogP) is 4.34. The lowest BCUT2D eigenvalue weighted by Gasteiger charge is -2.40. The van der Waals surface area contributed by atoms with E-state index in [1.54, 1.807) is 7.11 Å². The Labute approximate surface area is 232 Å². The van der Waals surface area contributed by atoms with Crippen molar-refractivity contribution in [2.75, 3.05) is 32.5 Å². The van der Waals surface area contributed by atoms with Crippen molar-refractivity contribution in [3.63, 3.8) is 0 Å². The van der Waals surface area contributed by atoms with Crippen LogP contribution < -0.4 is 4.74 Å². The first-order chi connectivity index (χ1) is 19.0.